The number of allylic oxidation sites excluding steroid dienone is 3. The lowest BCUT2D eigenvalue weighted by molar-refractivity contribution is 0.800. The maximum atomic E-state index is 6.49. The number of fused-ring (bicyclic) bond motifs is 4. The van der Waals surface area contributed by atoms with E-state index in [1.807, 2.05) is 17.4 Å². The van der Waals surface area contributed by atoms with Crippen molar-refractivity contribution in [2.75, 3.05) is 4.90 Å². The molecule has 6 rings (SSSR count). The summed E-state index contributed by atoms with van der Waals surface area (Å²) in [5.41, 5.74) is 14.6. The molecule has 1 unspecified atom stereocenters. The molecule has 0 bridgehead atoms. The summed E-state index contributed by atoms with van der Waals surface area (Å²) in [7, 11) is 0. The fourth-order valence-corrected chi connectivity index (χ4v) is 6.20. The SMILES string of the molecule is C/C1=C\C=C(\N)C(C)N(c2ccc(-c3cccc4c3sc3ccccc34)cc2)c2ccccc21. The van der Waals surface area contributed by atoms with Crippen LogP contribution in [0.4, 0.5) is 11.4 Å². The van der Waals surface area contributed by atoms with E-state index >= 15 is 0 Å². The van der Waals surface area contributed by atoms with E-state index in [1.165, 1.54) is 48.1 Å². The van der Waals surface area contributed by atoms with Crippen molar-refractivity contribution in [3.8, 4) is 11.1 Å². The number of nitrogens with two attached hydrogens (primary N) is 1. The molecule has 166 valence electrons. The van der Waals surface area contributed by atoms with E-state index < -0.39 is 0 Å². The van der Waals surface area contributed by atoms with Crippen molar-refractivity contribution in [3.63, 3.8) is 0 Å². The van der Waals surface area contributed by atoms with Crippen LogP contribution < -0.4 is 10.6 Å². The Bertz CT molecular complexity index is 1590. The zero-order valence-electron chi connectivity index (χ0n) is 19.3. The van der Waals surface area contributed by atoms with Crippen LogP contribution in [0.1, 0.15) is 19.4 Å². The standard InChI is InChI=1S/C31H26N2S/c1-20-14-19-28(32)21(2)33(29-12-5-3-8-24(20)29)23-17-15-22(16-18-23)25-10-7-11-27-26-9-4-6-13-30(26)34-31(25)27/h3-19,21H,32H2,1-2H3/b20-14+,28-19+. The van der Waals surface area contributed by atoms with Crippen molar-refractivity contribution in [2.45, 2.75) is 19.9 Å². The number of hydrogen-bond acceptors (Lipinski definition) is 3. The lowest BCUT2D eigenvalue weighted by atomic mass is 9.98. The van der Waals surface area contributed by atoms with Crippen molar-refractivity contribution in [1.29, 1.82) is 0 Å². The zero-order valence-corrected chi connectivity index (χ0v) is 20.1. The molecule has 2 N–H and O–H groups in total. The van der Waals surface area contributed by atoms with Crippen LogP contribution in [0.15, 0.2) is 109 Å². The predicted molar refractivity (Wildman–Crippen MR) is 149 cm³/mol. The highest BCUT2D eigenvalue weighted by atomic mass is 32.1. The molecule has 0 fully saturated rings. The molecule has 1 atom stereocenters. The first-order chi connectivity index (χ1) is 16.6. The number of thiophene rings is 1. The van der Waals surface area contributed by atoms with Gasteiger partial charge in [-0.3, -0.25) is 0 Å². The summed E-state index contributed by atoms with van der Waals surface area (Å²) in [5, 5.41) is 2.66. The van der Waals surface area contributed by atoms with Gasteiger partial charge < -0.3 is 10.6 Å². The van der Waals surface area contributed by atoms with Crippen LogP contribution in [0.2, 0.25) is 0 Å². The Morgan fingerprint density at radius 2 is 1.44 bits per heavy atom. The fraction of sp³-hybridized carbons (Fsp3) is 0.0968. The number of anilines is 2. The third-order valence-corrected chi connectivity index (χ3v) is 8.06. The molecule has 2 heterocycles. The summed E-state index contributed by atoms with van der Waals surface area (Å²) in [6.45, 7) is 4.31. The third kappa shape index (κ3) is 3.32. The van der Waals surface area contributed by atoms with Crippen LogP contribution in [0, 0.1) is 0 Å². The maximum absolute atomic E-state index is 6.49. The molecular formula is C31H26N2S. The van der Waals surface area contributed by atoms with E-state index in [9.17, 15) is 0 Å². The minimum absolute atomic E-state index is 0.0439. The molecule has 1 aromatic heterocycles. The largest absolute Gasteiger partial charge is 0.400 e. The second-order valence-electron chi connectivity index (χ2n) is 8.91. The highest BCUT2D eigenvalue weighted by Crippen LogP contribution is 2.41. The summed E-state index contributed by atoms with van der Waals surface area (Å²) >= 11 is 1.87. The summed E-state index contributed by atoms with van der Waals surface area (Å²) in [6.07, 6.45) is 4.16. The van der Waals surface area contributed by atoms with Crippen LogP contribution in [0.25, 0.3) is 36.9 Å². The van der Waals surface area contributed by atoms with E-state index in [-0.39, 0.29) is 6.04 Å². The molecule has 0 spiro atoms. The molecule has 4 aromatic carbocycles. The van der Waals surface area contributed by atoms with Crippen LogP contribution >= 0.6 is 11.3 Å². The van der Waals surface area contributed by atoms with Crippen molar-refractivity contribution >= 4 is 48.5 Å². The minimum atomic E-state index is 0.0439. The average molecular weight is 459 g/mol. The summed E-state index contributed by atoms with van der Waals surface area (Å²) in [4.78, 5) is 2.35. The Labute approximate surface area is 204 Å². The molecule has 2 nitrogen and oxygen atoms in total. The lowest BCUT2D eigenvalue weighted by Gasteiger charge is -2.34. The van der Waals surface area contributed by atoms with E-state index in [0.29, 0.717) is 0 Å². The predicted octanol–water partition coefficient (Wildman–Crippen LogP) is 8.51. The first-order valence-electron chi connectivity index (χ1n) is 11.6. The van der Waals surface area contributed by atoms with Gasteiger partial charge in [-0.25, -0.2) is 0 Å². The average Bonchev–Trinajstić information content (AvgIpc) is 3.26. The van der Waals surface area contributed by atoms with Crippen molar-refractivity contribution < 1.29 is 0 Å². The van der Waals surface area contributed by atoms with Gasteiger partial charge in [0, 0.05) is 42.8 Å². The molecular weight excluding hydrogens is 432 g/mol. The van der Waals surface area contributed by atoms with Gasteiger partial charge in [0.2, 0.25) is 0 Å². The second kappa shape index (κ2) is 8.19. The number of para-hydroxylation sites is 1. The number of rotatable bonds is 2. The zero-order chi connectivity index (χ0) is 23.2. The molecule has 1 aliphatic heterocycles. The molecule has 0 radical (unpaired) electrons. The summed E-state index contributed by atoms with van der Waals surface area (Å²) in [5.74, 6) is 0. The Kier molecular flexibility index (Phi) is 5.00. The molecule has 1 aliphatic rings. The Balaban J connectivity index is 1.47. The molecule has 0 amide bonds. The fourth-order valence-electron chi connectivity index (χ4n) is 4.96. The summed E-state index contributed by atoms with van der Waals surface area (Å²) in [6, 6.07) is 32.9. The first-order valence-corrected chi connectivity index (χ1v) is 12.5. The molecule has 34 heavy (non-hydrogen) atoms. The van der Waals surface area contributed by atoms with Crippen molar-refractivity contribution in [1.82, 2.24) is 0 Å². The lowest BCUT2D eigenvalue weighted by Crippen LogP contribution is -2.34. The maximum Gasteiger partial charge on any atom is 0.0707 e. The first kappa shape index (κ1) is 20.8. The van der Waals surface area contributed by atoms with Crippen LogP contribution in [-0.4, -0.2) is 6.04 Å². The van der Waals surface area contributed by atoms with Gasteiger partial charge in [0.25, 0.3) is 0 Å². The highest BCUT2D eigenvalue weighted by molar-refractivity contribution is 7.26. The number of benzene rings is 4. The van der Waals surface area contributed by atoms with E-state index in [2.05, 4.69) is 116 Å². The molecule has 3 heteroatoms. The smallest absolute Gasteiger partial charge is 0.0707 e. The third-order valence-electron chi connectivity index (χ3n) is 6.84. The topological polar surface area (TPSA) is 29.3 Å². The van der Waals surface area contributed by atoms with Crippen LogP contribution in [0.5, 0.6) is 0 Å². The van der Waals surface area contributed by atoms with Gasteiger partial charge >= 0.3 is 0 Å². The Hall–Kier alpha value is -3.82. The normalized spacial score (nSPS) is 19.1. The van der Waals surface area contributed by atoms with Gasteiger partial charge in [-0.05, 0) is 60.9 Å². The number of nitrogens with zero attached hydrogens (tertiary/aromatic N) is 1. The van der Waals surface area contributed by atoms with Gasteiger partial charge in [0.05, 0.1) is 6.04 Å². The molecule has 0 saturated carbocycles. The van der Waals surface area contributed by atoms with Crippen molar-refractivity contribution in [2.24, 2.45) is 5.73 Å². The van der Waals surface area contributed by atoms with Gasteiger partial charge in [0.15, 0.2) is 0 Å². The van der Waals surface area contributed by atoms with E-state index in [4.69, 9.17) is 5.73 Å². The van der Waals surface area contributed by atoms with Gasteiger partial charge in [-0.15, -0.1) is 11.3 Å². The quantitative estimate of drug-likeness (QED) is 0.287. The second-order valence-corrected chi connectivity index (χ2v) is 9.96. The van der Waals surface area contributed by atoms with Crippen molar-refractivity contribution in [3.05, 3.63) is 114 Å². The van der Waals surface area contributed by atoms with Crippen LogP contribution in [-0.2, 0) is 0 Å². The van der Waals surface area contributed by atoms with E-state index in [1.54, 1.807) is 0 Å². The van der Waals surface area contributed by atoms with Gasteiger partial charge in [-0.1, -0.05) is 72.8 Å². The van der Waals surface area contributed by atoms with Gasteiger partial charge in [0.1, 0.15) is 0 Å². The van der Waals surface area contributed by atoms with Gasteiger partial charge in [-0.2, -0.15) is 0 Å². The molecule has 5 aromatic rings. The van der Waals surface area contributed by atoms with Crippen LogP contribution in [0.3, 0.4) is 0 Å². The Morgan fingerprint density at radius 3 is 2.29 bits per heavy atom. The van der Waals surface area contributed by atoms with E-state index in [0.717, 1.165) is 11.4 Å². The highest BCUT2D eigenvalue weighted by Gasteiger charge is 2.23. The number of hydrogen-bond donors (Lipinski definition) is 1. The molecule has 0 saturated heterocycles. The monoisotopic (exact) mass is 458 g/mol. The Morgan fingerprint density at radius 1 is 0.735 bits per heavy atom. The minimum Gasteiger partial charge on any atom is -0.400 e. The summed E-state index contributed by atoms with van der Waals surface area (Å²) < 4.78 is 2.67. The molecule has 0 aliphatic carbocycles.